The Morgan fingerprint density at radius 2 is 0.983 bits per heavy atom. The van der Waals surface area contributed by atoms with E-state index >= 15 is 0 Å². The zero-order valence-electron chi connectivity index (χ0n) is 31.6. The Labute approximate surface area is 347 Å². The number of rotatable bonds is 15. The van der Waals surface area contributed by atoms with Gasteiger partial charge in [-0.1, -0.05) is 78.9 Å². The lowest BCUT2D eigenvalue weighted by molar-refractivity contribution is -0.275. The van der Waals surface area contributed by atoms with Crippen LogP contribution in [-0.2, 0) is 28.5 Å². The van der Waals surface area contributed by atoms with Gasteiger partial charge in [-0.3, -0.25) is 4.79 Å². The molecule has 0 aliphatic carbocycles. The highest BCUT2D eigenvalue weighted by atomic mass is 79.9. The molecule has 0 spiro atoms. The molecular weight excluding hydrogens is 828 g/mol. The molecule has 0 radical (unpaired) electrons. The van der Waals surface area contributed by atoms with Gasteiger partial charge >= 0.3 is 23.9 Å². The fourth-order valence-electron chi connectivity index (χ4n) is 6.01. The first kappa shape index (κ1) is 41.9. The summed E-state index contributed by atoms with van der Waals surface area (Å²) in [4.78, 5) is 66.6. The average Bonchev–Trinajstić information content (AvgIpc) is 3.27. The molecule has 1 aliphatic rings. The zero-order chi connectivity index (χ0) is 41.7. The third-order valence-electron chi connectivity index (χ3n) is 8.86. The van der Waals surface area contributed by atoms with Gasteiger partial charge in [-0.15, -0.1) is 0 Å². The smallest absolute Gasteiger partial charge is 0.338 e. The summed E-state index contributed by atoms with van der Waals surface area (Å²) in [6.45, 7) is -0.558. The number of carbonyl (C=O) groups is 5. The fraction of sp³-hybridized carbons (Fsp3) is 0.178. The molecule has 0 amide bonds. The number of esters is 4. The van der Waals surface area contributed by atoms with E-state index in [-0.39, 0.29) is 44.2 Å². The van der Waals surface area contributed by atoms with Crippen molar-refractivity contribution < 1.29 is 61.9 Å². The van der Waals surface area contributed by atoms with E-state index in [9.17, 15) is 24.0 Å². The lowest BCUT2D eigenvalue weighted by Crippen LogP contribution is -2.64. The van der Waals surface area contributed by atoms with Gasteiger partial charge in [0.2, 0.25) is 22.8 Å². The SMILES string of the molecule is COc1cc(C=CC(=O)Br)cc(OC)c1O[C@@H]1O[C@H](COC(=O)c2ccccc2)[C@H](OC(=O)c2ccccc2)[C@H](OC(=O)c2ccccc2)[C@H]1OC(=O)c1ccccc1. The number of hydrogen-bond donors (Lipinski definition) is 0. The summed E-state index contributed by atoms with van der Waals surface area (Å²) < 4.78 is 48.0. The molecule has 1 aliphatic heterocycles. The van der Waals surface area contributed by atoms with Crippen LogP contribution in [0.2, 0.25) is 0 Å². The molecule has 5 atom stereocenters. The van der Waals surface area contributed by atoms with E-state index in [1.54, 1.807) is 97.1 Å². The van der Waals surface area contributed by atoms with Crippen LogP contribution in [0.4, 0.5) is 0 Å². The molecule has 0 bridgehead atoms. The summed E-state index contributed by atoms with van der Waals surface area (Å²) >= 11 is 2.87. The summed E-state index contributed by atoms with van der Waals surface area (Å²) in [6, 6.07) is 35.3. The Morgan fingerprint density at radius 3 is 1.41 bits per heavy atom. The Balaban J connectivity index is 1.48. The van der Waals surface area contributed by atoms with Crippen LogP contribution in [-0.4, -0.2) is 80.1 Å². The van der Waals surface area contributed by atoms with Gasteiger partial charge in [0.05, 0.1) is 36.5 Å². The van der Waals surface area contributed by atoms with Crippen molar-refractivity contribution in [3.8, 4) is 17.2 Å². The quantitative estimate of drug-likeness (QED) is 0.0448. The number of benzene rings is 5. The van der Waals surface area contributed by atoms with E-state index in [0.29, 0.717) is 5.56 Å². The molecule has 5 aromatic carbocycles. The van der Waals surface area contributed by atoms with Crippen molar-refractivity contribution in [2.75, 3.05) is 20.8 Å². The second-order valence-electron chi connectivity index (χ2n) is 12.7. The van der Waals surface area contributed by atoms with E-state index < -0.39 is 61.2 Å². The molecule has 0 aromatic heterocycles. The average molecular weight is 866 g/mol. The van der Waals surface area contributed by atoms with Gasteiger partial charge in [0, 0.05) is 0 Å². The summed E-state index contributed by atoms with van der Waals surface area (Å²) in [5.41, 5.74) is 1.11. The maximum absolute atomic E-state index is 13.9. The zero-order valence-corrected chi connectivity index (χ0v) is 33.2. The minimum atomic E-state index is -1.68. The number of carbonyl (C=O) groups excluding carboxylic acids is 5. The topological polar surface area (TPSA) is 159 Å². The number of hydrogen-bond acceptors (Lipinski definition) is 13. The van der Waals surface area contributed by atoms with Crippen molar-refractivity contribution >= 4 is 50.6 Å². The minimum Gasteiger partial charge on any atom is -0.493 e. The first-order valence-corrected chi connectivity index (χ1v) is 18.9. The molecule has 302 valence electrons. The molecule has 0 N–H and O–H groups in total. The molecule has 0 saturated carbocycles. The van der Waals surface area contributed by atoms with Gasteiger partial charge in [-0.25, -0.2) is 19.2 Å². The van der Waals surface area contributed by atoms with Crippen LogP contribution in [0.15, 0.2) is 140 Å². The van der Waals surface area contributed by atoms with Crippen LogP contribution in [0.1, 0.15) is 47.0 Å². The predicted molar refractivity (Wildman–Crippen MR) is 215 cm³/mol. The Morgan fingerprint density at radius 1 is 0.576 bits per heavy atom. The molecule has 6 rings (SSSR count). The Hall–Kier alpha value is -6.77. The van der Waals surface area contributed by atoms with Crippen LogP contribution in [0.3, 0.4) is 0 Å². The molecular formula is C45H37BrO13. The van der Waals surface area contributed by atoms with Gasteiger partial charge in [-0.2, -0.15) is 0 Å². The second-order valence-corrected chi connectivity index (χ2v) is 13.5. The maximum Gasteiger partial charge on any atom is 0.338 e. The van der Waals surface area contributed by atoms with Gasteiger partial charge < -0.3 is 37.9 Å². The number of ether oxygens (including phenoxy) is 8. The monoisotopic (exact) mass is 864 g/mol. The molecule has 13 nitrogen and oxygen atoms in total. The van der Waals surface area contributed by atoms with E-state index in [1.165, 1.54) is 62.8 Å². The van der Waals surface area contributed by atoms with Crippen LogP contribution in [0.5, 0.6) is 17.2 Å². The van der Waals surface area contributed by atoms with Crippen LogP contribution < -0.4 is 14.2 Å². The molecule has 0 unspecified atom stereocenters. The van der Waals surface area contributed by atoms with E-state index in [4.69, 9.17) is 37.9 Å². The third kappa shape index (κ3) is 10.8. The van der Waals surface area contributed by atoms with Gasteiger partial charge in [0.25, 0.3) is 0 Å². The van der Waals surface area contributed by atoms with Gasteiger partial charge in [0.1, 0.15) is 12.7 Å². The van der Waals surface area contributed by atoms with Crippen molar-refractivity contribution in [2.24, 2.45) is 0 Å². The molecule has 1 fully saturated rings. The highest BCUT2D eigenvalue weighted by Crippen LogP contribution is 2.42. The van der Waals surface area contributed by atoms with Crippen LogP contribution in [0.25, 0.3) is 6.08 Å². The molecule has 1 heterocycles. The summed E-state index contributed by atoms with van der Waals surface area (Å²) in [5, 5.41) is 0. The van der Waals surface area contributed by atoms with Crippen LogP contribution in [0, 0.1) is 0 Å². The van der Waals surface area contributed by atoms with Crippen LogP contribution >= 0.6 is 15.9 Å². The van der Waals surface area contributed by atoms with Crippen molar-refractivity contribution in [1.82, 2.24) is 0 Å². The maximum atomic E-state index is 13.9. The fourth-order valence-corrected chi connectivity index (χ4v) is 6.14. The summed E-state index contributed by atoms with van der Waals surface area (Å²) in [7, 11) is 2.74. The standard InChI is InChI=1S/C45H37BrO13/c1-52-33-25-28(23-24-36(46)47)26-34(53-2)37(33)59-45-40(58-44(51)32-21-13-6-14-22-32)39(57-43(50)31-19-11-5-12-20-31)38(56-42(49)30-17-9-4-10-18-30)35(55-45)27-54-41(48)29-15-7-3-8-16-29/h3-26,35,38-40,45H,27H2,1-2H3/t35-,38+,39+,40-,45+/m1/s1. The minimum absolute atomic E-state index is 0.0454. The summed E-state index contributed by atoms with van der Waals surface area (Å²) in [5.74, 6) is -3.16. The molecule has 59 heavy (non-hydrogen) atoms. The van der Waals surface area contributed by atoms with E-state index in [1.807, 2.05) is 0 Å². The number of halogens is 1. The largest absolute Gasteiger partial charge is 0.493 e. The van der Waals surface area contributed by atoms with Crippen molar-refractivity contribution in [1.29, 1.82) is 0 Å². The Bertz CT molecular complexity index is 2240. The van der Waals surface area contributed by atoms with Crippen molar-refractivity contribution in [2.45, 2.75) is 30.7 Å². The van der Waals surface area contributed by atoms with E-state index in [2.05, 4.69) is 15.9 Å². The molecule has 14 heteroatoms. The molecule has 1 saturated heterocycles. The highest BCUT2D eigenvalue weighted by molar-refractivity contribution is 9.18. The number of allylic oxidation sites excluding steroid dienone is 1. The molecule has 5 aromatic rings. The van der Waals surface area contributed by atoms with E-state index in [0.717, 1.165) is 0 Å². The first-order chi connectivity index (χ1) is 28.6. The van der Waals surface area contributed by atoms with Crippen molar-refractivity contribution in [3.63, 3.8) is 0 Å². The normalized spacial score (nSPS) is 18.5. The lowest BCUT2D eigenvalue weighted by Gasteiger charge is -2.44. The first-order valence-electron chi connectivity index (χ1n) is 18.1. The summed E-state index contributed by atoms with van der Waals surface area (Å²) in [6.07, 6.45) is -5.22. The Kier molecular flexibility index (Phi) is 14.2. The second kappa shape index (κ2) is 20.1. The predicted octanol–water partition coefficient (Wildman–Crippen LogP) is 7.28. The van der Waals surface area contributed by atoms with Gasteiger partial charge in [-0.05, 0) is 88.2 Å². The third-order valence-corrected chi connectivity index (χ3v) is 9.13. The lowest BCUT2D eigenvalue weighted by atomic mass is 9.97. The van der Waals surface area contributed by atoms with Gasteiger partial charge in [0.15, 0.2) is 23.7 Å². The van der Waals surface area contributed by atoms with Crippen molar-refractivity contribution in [3.05, 3.63) is 167 Å². The highest BCUT2D eigenvalue weighted by Gasteiger charge is 2.54. The number of methoxy groups -OCH3 is 2.